The summed E-state index contributed by atoms with van der Waals surface area (Å²) in [6.07, 6.45) is 5.74. The van der Waals surface area contributed by atoms with Crippen molar-refractivity contribution in [1.29, 1.82) is 0 Å². The third kappa shape index (κ3) is 1.83. The van der Waals surface area contributed by atoms with E-state index in [4.69, 9.17) is 5.11 Å². The number of nitrogens with one attached hydrogen (secondary N) is 1. The van der Waals surface area contributed by atoms with E-state index in [0.717, 1.165) is 31.1 Å². The Hall–Kier alpha value is -1.06. The van der Waals surface area contributed by atoms with Crippen LogP contribution in [0, 0.1) is 23.2 Å². The van der Waals surface area contributed by atoms with Gasteiger partial charge < -0.3 is 10.4 Å². The van der Waals surface area contributed by atoms with Crippen LogP contribution in [0.3, 0.4) is 0 Å². The van der Waals surface area contributed by atoms with Gasteiger partial charge in [-0.2, -0.15) is 0 Å². The van der Waals surface area contributed by atoms with E-state index in [0.29, 0.717) is 19.4 Å². The van der Waals surface area contributed by atoms with E-state index in [2.05, 4.69) is 5.32 Å². The quantitative estimate of drug-likeness (QED) is 0.776. The smallest absolute Gasteiger partial charge is 0.311 e. The summed E-state index contributed by atoms with van der Waals surface area (Å²) >= 11 is 0. The number of aliphatic carboxylic acids is 1. The van der Waals surface area contributed by atoms with Gasteiger partial charge in [-0.3, -0.25) is 9.59 Å². The molecule has 0 aromatic carbocycles. The summed E-state index contributed by atoms with van der Waals surface area (Å²) < 4.78 is 0. The number of carbonyl (C=O) groups excluding carboxylic acids is 1. The first-order chi connectivity index (χ1) is 8.11. The zero-order chi connectivity index (χ0) is 12.0. The molecule has 3 rings (SSSR count). The van der Waals surface area contributed by atoms with Gasteiger partial charge in [-0.15, -0.1) is 0 Å². The van der Waals surface area contributed by atoms with Crippen LogP contribution in [0.5, 0.6) is 0 Å². The molecule has 3 saturated carbocycles. The summed E-state index contributed by atoms with van der Waals surface area (Å²) in [4.78, 5) is 23.1. The predicted molar refractivity (Wildman–Crippen MR) is 61.3 cm³/mol. The van der Waals surface area contributed by atoms with Crippen molar-refractivity contribution < 1.29 is 14.7 Å². The summed E-state index contributed by atoms with van der Waals surface area (Å²) in [5, 5.41) is 12.0. The number of amides is 1. The molecule has 0 aromatic rings. The summed E-state index contributed by atoms with van der Waals surface area (Å²) in [5.41, 5.74) is -0.656. The van der Waals surface area contributed by atoms with Crippen LogP contribution in [0.4, 0.5) is 0 Å². The topological polar surface area (TPSA) is 66.4 Å². The molecule has 0 aromatic heterocycles. The van der Waals surface area contributed by atoms with Crippen LogP contribution >= 0.6 is 0 Å². The highest BCUT2D eigenvalue weighted by molar-refractivity contribution is 5.81. The molecule has 0 heterocycles. The summed E-state index contributed by atoms with van der Waals surface area (Å²) in [7, 11) is 0. The number of carboxylic acid groups (broad SMARTS) is 1. The standard InChI is InChI=1S/C13H19NO3/c15-11(10-5-8-4-9(8)6-10)14-7-13(12(16)17)2-1-3-13/h8-10H,1-7H2,(H,14,15)(H,16,17). The Morgan fingerprint density at radius 2 is 1.82 bits per heavy atom. The van der Waals surface area contributed by atoms with E-state index in [1.807, 2.05) is 0 Å². The maximum atomic E-state index is 11.9. The molecule has 3 aliphatic carbocycles. The van der Waals surface area contributed by atoms with Gasteiger partial charge >= 0.3 is 5.97 Å². The molecule has 1 amide bonds. The Bertz CT molecular complexity index is 352. The van der Waals surface area contributed by atoms with Gasteiger partial charge in [-0.05, 0) is 43.9 Å². The highest BCUT2D eigenvalue weighted by Crippen LogP contribution is 2.54. The van der Waals surface area contributed by atoms with Crippen LogP contribution < -0.4 is 5.32 Å². The molecule has 2 atom stereocenters. The lowest BCUT2D eigenvalue weighted by atomic mass is 9.68. The second-order valence-electron chi connectivity index (χ2n) is 6.08. The van der Waals surface area contributed by atoms with Crippen molar-refractivity contribution in [1.82, 2.24) is 5.32 Å². The lowest BCUT2D eigenvalue weighted by molar-refractivity contribution is -0.154. The van der Waals surface area contributed by atoms with Crippen molar-refractivity contribution in [2.75, 3.05) is 6.54 Å². The molecule has 3 fully saturated rings. The Morgan fingerprint density at radius 3 is 2.29 bits per heavy atom. The number of carboxylic acids is 1. The molecule has 2 unspecified atom stereocenters. The first-order valence-electron chi connectivity index (χ1n) is 6.62. The van der Waals surface area contributed by atoms with Gasteiger partial charge in [0, 0.05) is 12.5 Å². The third-order valence-corrected chi connectivity index (χ3v) is 4.98. The molecule has 17 heavy (non-hydrogen) atoms. The molecule has 0 spiro atoms. The zero-order valence-corrected chi connectivity index (χ0v) is 9.95. The number of hydrogen-bond acceptors (Lipinski definition) is 2. The lowest BCUT2D eigenvalue weighted by Crippen LogP contribution is -2.48. The molecular weight excluding hydrogens is 218 g/mol. The number of carbonyl (C=O) groups is 2. The summed E-state index contributed by atoms with van der Waals surface area (Å²) in [6, 6.07) is 0. The molecule has 3 aliphatic rings. The summed E-state index contributed by atoms with van der Waals surface area (Å²) in [6.45, 7) is 0.326. The molecule has 0 saturated heterocycles. The van der Waals surface area contributed by atoms with Gasteiger partial charge in [0.2, 0.25) is 5.91 Å². The van der Waals surface area contributed by atoms with Crippen molar-refractivity contribution >= 4 is 11.9 Å². The van der Waals surface area contributed by atoms with Crippen LogP contribution in [0.1, 0.15) is 38.5 Å². The van der Waals surface area contributed by atoms with E-state index in [1.165, 1.54) is 6.42 Å². The van der Waals surface area contributed by atoms with Crippen molar-refractivity contribution in [3.63, 3.8) is 0 Å². The van der Waals surface area contributed by atoms with Gasteiger partial charge in [-0.1, -0.05) is 6.42 Å². The maximum absolute atomic E-state index is 11.9. The van der Waals surface area contributed by atoms with E-state index in [-0.39, 0.29) is 11.8 Å². The summed E-state index contributed by atoms with van der Waals surface area (Å²) in [5.74, 6) is 1.08. The third-order valence-electron chi connectivity index (χ3n) is 4.98. The van der Waals surface area contributed by atoms with Crippen molar-refractivity contribution in [3.05, 3.63) is 0 Å². The molecule has 2 N–H and O–H groups in total. The average molecular weight is 237 g/mol. The van der Waals surface area contributed by atoms with Crippen LogP contribution in [0.15, 0.2) is 0 Å². The van der Waals surface area contributed by atoms with E-state index >= 15 is 0 Å². The average Bonchev–Trinajstić information content (AvgIpc) is 2.83. The minimum absolute atomic E-state index is 0.0877. The van der Waals surface area contributed by atoms with Gasteiger partial charge in [0.05, 0.1) is 5.41 Å². The SMILES string of the molecule is O=C(NCC1(C(=O)O)CCC1)C1CC2CC2C1. The Labute approximate surface area is 101 Å². The van der Waals surface area contributed by atoms with E-state index in [1.54, 1.807) is 0 Å². The first kappa shape index (κ1) is 11.1. The molecule has 0 aliphatic heterocycles. The van der Waals surface area contributed by atoms with Gasteiger partial charge in [0.25, 0.3) is 0 Å². The fourth-order valence-corrected chi connectivity index (χ4v) is 3.40. The van der Waals surface area contributed by atoms with E-state index in [9.17, 15) is 9.59 Å². The van der Waals surface area contributed by atoms with Crippen molar-refractivity contribution in [2.24, 2.45) is 23.2 Å². The second-order valence-corrected chi connectivity index (χ2v) is 6.08. The highest BCUT2D eigenvalue weighted by Gasteiger charge is 2.49. The largest absolute Gasteiger partial charge is 0.481 e. The monoisotopic (exact) mass is 237 g/mol. The van der Waals surface area contributed by atoms with Crippen LogP contribution in [0.25, 0.3) is 0 Å². The molecule has 0 radical (unpaired) electrons. The van der Waals surface area contributed by atoms with Gasteiger partial charge in [-0.25, -0.2) is 0 Å². The first-order valence-corrected chi connectivity index (χ1v) is 6.62. The molecule has 0 bridgehead atoms. The molecule has 4 heteroatoms. The van der Waals surface area contributed by atoms with Gasteiger partial charge in [0.15, 0.2) is 0 Å². The maximum Gasteiger partial charge on any atom is 0.311 e. The molecule has 4 nitrogen and oxygen atoms in total. The van der Waals surface area contributed by atoms with Crippen molar-refractivity contribution in [2.45, 2.75) is 38.5 Å². The predicted octanol–water partition coefficient (Wildman–Crippen LogP) is 1.40. The Kier molecular flexibility index (Phi) is 2.42. The molecular formula is C13H19NO3. The van der Waals surface area contributed by atoms with Crippen molar-refractivity contribution in [3.8, 4) is 0 Å². The fraction of sp³-hybridized carbons (Fsp3) is 0.846. The second kappa shape index (κ2) is 3.72. The Morgan fingerprint density at radius 1 is 1.18 bits per heavy atom. The van der Waals surface area contributed by atoms with Crippen LogP contribution in [-0.2, 0) is 9.59 Å². The normalized spacial score (nSPS) is 36.8. The number of hydrogen-bond donors (Lipinski definition) is 2. The highest BCUT2D eigenvalue weighted by atomic mass is 16.4. The van der Waals surface area contributed by atoms with E-state index < -0.39 is 11.4 Å². The van der Waals surface area contributed by atoms with Crippen LogP contribution in [0.2, 0.25) is 0 Å². The minimum atomic E-state index is -0.752. The Balaban J connectivity index is 1.50. The molecule has 94 valence electrons. The van der Waals surface area contributed by atoms with Crippen LogP contribution in [-0.4, -0.2) is 23.5 Å². The number of rotatable bonds is 4. The zero-order valence-electron chi connectivity index (χ0n) is 9.95. The fourth-order valence-electron chi connectivity index (χ4n) is 3.40. The number of fused-ring (bicyclic) bond motifs is 1. The minimum Gasteiger partial charge on any atom is -0.481 e. The lowest BCUT2D eigenvalue weighted by Gasteiger charge is -2.37. The van der Waals surface area contributed by atoms with Gasteiger partial charge in [0.1, 0.15) is 0 Å².